The minimum absolute atomic E-state index is 0.212. The Labute approximate surface area is 143 Å². The average molecular weight is 362 g/mol. The maximum absolute atomic E-state index is 11.4. The molecule has 25 heavy (non-hydrogen) atoms. The van der Waals surface area contributed by atoms with E-state index in [9.17, 15) is 18.0 Å². The highest BCUT2D eigenvalue weighted by atomic mass is 19.4. The van der Waals surface area contributed by atoms with Crippen molar-refractivity contribution < 1.29 is 32.3 Å². The fourth-order valence-electron chi connectivity index (χ4n) is 3.12. The summed E-state index contributed by atoms with van der Waals surface area (Å²) in [4.78, 5) is 22.7. The van der Waals surface area contributed by atoms with Crippen LogP contribution in [0.2, 0.25) is 0 Å². The van der Waals surface area contributed by atoms with E-state index in [0.29, 0.717) is 18.5 Å². The number of piperidine rings is 1. The fraction of sp³-hybridized carbons (Fsp3) is 0.625. The molecule has 0 saturated carbocycles. The number of carboxylic acids is 1. The summed E-state index contributed by atoms with van der Waals surface area (Å²) in [6.07, 6.45) is -1.42. The first-order chi connectivity index (χ1) is 11.7. The molecule has 0 spiro atoms. The Morgan fingerprint density at radius 3 is 2.56 bits per heavy atom. The highest BCUT2D eigenvalue weighted by Crippen LogP contribution is 2.27. The first-order valence-corrected chi connectivity index (χ1v) is 8.11. The molecule has 2 aliphatic heterocycles. The third-order valence-corrected chi connectivity index (χ3v) is 4.34. The van der Waals surface area contributed by atoms with Crippen molar-refractivity contribution in [2.24, 2.45) is 0 Å². The van der Waals surface area contributed by atoms with E-state index in [1.165, 1.54) is 0 Å². The zero-order chi connectivity index (χ0) is 18.6. The van der Waals surface area contributed by atoms with Gasteiger partial charge in [-0.3, -0.25) is 9.69 Å². The summed E-state index contributed by atoms with van der Waals surface area (Å²) in [6, 6.07) is 4.99. The molecule has 9 heteroatoms. The second-order valence-electron chi connectivity index (χ2n) is 6.06. The van der Waals surface area contributed by atoms with Crippen molar-refractivity contribution in [1.82, 2.24) is 10.2 Å². The smallest absolute Gasteiger partial charge is 0.475 e. The van der Waals surface area contributed by atoms with Crippen LogP contribution in [0.15, 0.2) is 16.5 Å². The molecule has 2 fully saturated rings. The maximum atomic E-state index is 11.4. The molecule has 140 valence electrons. The Morgan fingerprint density at radius 2 is 2.00 bits per heavy atom. The molecule has 0 unspecified atom stereocenters. The molecule has 3 heterocycles. The van der Waals surface area contributed by atoms with Crippen LogP contribution in [0.3, 0.4) is 0 Å². The predicted octanol–water partition coefficient (Wildman–Crippen LogP) is 2.33. The van der Waals surface area contributed by atoms with Crippen LogP contribution < -0.4 is 5.32 Å². The number of likely N-dealkylation sites (tertiary alicyclic amines) is 1. The lowest BCUT2D eigenvalue weighted by Crippen LogP contribution is -2.49. The molecule has 2 atom stereocenters. The molecule has 2 N–H and O–H groups in total. The van der Waals surface area contributed by atoms with Gasteiger partial charge in [0, 0.05) is 31.5 Å². The number of hydrogen-bond donors (Lipinski definition) is 2. The number of nitrogens with zero attached hydrogens (tertiary/aromatic N) is 1. The second-order valence-corrected chi connectivity index (χ2v) is 6.06. The second kappa shape index (κ2) is 7.90. The van der Waals surface area contributed by atoms with Gasteiger partial charge < -0.3 is 14.8 Å². The number of amides is 1. The van der Waals surface area contributed by atoms with Crippen molar-refractivity contribution >= 4 is 11.9 Å². The van der Waals surface area contributed by atoms with E-state index in [4.69, 9.17) is 14.3 Å². The van der Waals surface area contributed by atoms with Gasteiger partial charge in [-0.1, -0.05) is 6.92 Å². The van der Waals surface area contributed by atoms with E-state index in [1.807, 2.05) is 0 Å². The third kappa shape index (κ3) is 5.22. The number of nitrogens with one attached hydrogen (secondary N) is 1. The molecule has 6 nitrogen and oxygen atoms in total. The monoisotopic (exact) mass is 362 g/mol. The molecule has 3 rings (SSSR count). The SMILES string of the molecule is CCc1ccc(CN2CC[C@@H]3NC(=O)CC[C@@H]32)o1.O=C(O)C(F)(F)F. The van der Waals surface area contributed by atoms with Crippen molar-refractivity contribution in [2.75, 3.05) is 6.54 Å². The first-order valence-electron chi connectivity index (χ1n) is 8.11. The number of aliphatic carboxylic acids is 1. The van der Waals surface area contributed by atoms with Crippen molar-refractivity contribution in [3.05, 3.63) is 23.7 Å². The van der Waals surface area contributed by atoms with Gasteiger partial charge in [-0.25, -0.2) is 4.79 Å². The Kier molecular flexibility index (Phi) is 6.10. The van der Waals surface area contributed by atoms with E-state index in [-0.39, 0.29) is 5.91 Å². The fourth-order valence-corrected chi connectivity index (χ4v) is 3.12. The van der Waals surface area contributed by atoms with Gasteiger partial charge in [0.15, 0.2) is 0 Å². The highest BCUT2D eigenvalue weighted by Gasteiger charge is 2.39. The number of carboxylic acid groups (broad SMARTS) is 1. The Morgan fingerprint density at radius 1 is 1.36 bits per heavy atom. The zero-order valence-electron chi connectivity index (χ0n) is 13.8. The van der Waals surface area contributed by atoms with Gasteiger partial charge in [0.2, 0.25) is 5.91 Å². The molecule has 1 amide bonds. The number of alkyl halides is 3. The van der Waals surface area contributed by atoms with E-state index in [2.05, 4.69) is 29.3 Å². The number of halogens is 3. The molecular formula is C16H21F3N2O4. The minimum Gasteiger partial charge on any atom is -0.475 e. The van der Waals surface area contributed by atoms with Crippen molar-refractivity contribution in [1.29, 1.82) is 0 Å². The lowest BCUT2D eigenvalue weighted by molar-refractivity contribution is -0.192. The molecule has 2 saturated heterocycles. The summed E-state index contributed by atoms with van der Waals surface area (Å²) in [7, 11) is 0. The highest BCUT2D eigenvalue weighted by molar-refractivity contribution is 5.77. The quantitative estimate of drug-likeness (QED) is 0.862. The lowest BCUT2D eigenvalue weighted by Gasteiger charge is -2.31. The van der Waals surface area contributed by atoms with Gasteiger partial charge in [-0.05, 0) is 25.0 Å². The van der Waals surface area contributed by atoms with Crippen LogP contribution >= 0.6 is 0 Å². The molecular weight excluding hydrogens is 341 g/mol. The van der Waals surface area contributed by atoms with Gasteiger partial charge in [0.25, 0.3) is 0 Å². The number of aryl methyl sites for hydroxylation is 1. The number of carbonyl (C=O) groups excluding carboxylic acids is 1. The van der Waals surface area contributed by atoms with E-state index < -0.39 is 12.1 Å². The normalized spacial score (nSPS) is 23.4. The standard InChI is InChI=1S/C14H20N2O2.C2HF3O2/c1-2-10-3-4-11(18-10)9-16-8-7-12-13(16)5-6-14(17)15-12;3-2(4,5)1(6)7/h3-4,12-13H,2,5-9H2,1H3,(H,15,17);(H,6,7)/t12-,13-;/m0./s1. The Balaban J connectivity index is 0.000000277. The Bertz CT molecular complexity index is 615. The van der Waals surface area contributed by atoms with Gasteiger partial charge in [-0.2, -0.15) is 13.2 Å². The van der Waals surface area contributed by atoms with E-state index in [1.54, 1.807) is 0 Å². The number of furan rings is 1. The number of hydrogen-bond acceptors (Lipinski definition) is 4. The zero-order valence-corrected chi connectivity index (χ0v) is 13.8. The van der Waals surface area contributed by atoms with E-state index >= 15 is 0 Å². The Hall–Kier alpha value is -2.03. The maximum Gasteiger partial charge on any atom is 0.490 e. The van der Waals surface area contributed by atoms with Crippen LogP contribution in [-0.4, -0.2) is 46.7 Å². The molecule has 0 bridgehead atoms. The van der Waals surface area contributed by atoms with E-state index in [0.717, 1.165) is 43.9 Å². The average Bonchev–Trinajstić information content (AvgIpc) is 3.14. The first kappa shape index (κ1) is 19.3. The van der Waals surface area contributed by atoms with Crippen LogP contribution in [0.1, 0.15) is 37.7 Å². The number of fused-ring (bicyclic) bond motifs is 1. The molecule has 0 aliphatic carbocycles. The topological polar surface area (TPSA) is 82.8 Å². The summed E-state index contributed by atoms with van der Waals surface area (Å²) in [5.74, 6) is -0.445. The van der Waals surface area contributed by atoms with Crippen molar-refractivity contribution in [3.63, 3.8) is 0 Å². The van der Waals surface area contributed by atoms with Gasteiger partial charge >= 0.3 is 12.1 Å². The van der Waals surface area contributed by atoms with Crippen LogP contribution in [0, 0.1) is 0 Å². The third-order valence-electron chi connectivity index (χ3n) is 4.34. The minimum atomic E-state index is -5.08. The lowest BCUT2D eigenvalue weighted by atomic mass is 9.99. The van der Waals surface area contributed by atoms with Gasteiger partial charge in [0.1, 0.15) is 11.5 Å². The molecule has 0 aromatic carbocycles. The van der Waals surface area contributed by atoms with Crippen LogP contribution in [0.25, 0.3) is 0 Å². The van der Waals surface area contributed by atoms with Gasteiger partial charge in [0.05, 0.1) is 6.54 Å². The molecule has 0 radical (unpaired) electrons. The molecule has 2 aliphatic rings. The number of rotatable bonds is 3. The predicted molar refractivity (Wildman–Crippen MR) is 81.8 cm³/mol. The largest absolute Gasteiger partial charge is 0.490 e. The number of carbonyl (C=O) groups is 2. The molecule has 1 aromatic rings. The summed E-state index contributed by atoms with van der Waals surface area (Å²) >= 11 is 0. The van der Waals surface area contributed by atoms with Crippen LogP contribution in [-0.2, 0) is 22.6 Å². The summed E-state index contributed by atoms with van der Waals surface area (Å²) < 4.78 is 37.5. The van der Waals surface area contributed by atoms with Gasteiger partial charge in [-0.15, -0.1) is 0 Å². The molecule has 1 aromatic heterocycles. The van der Waals surface area contributed by atoms with Crippen LogP contribution in [0.5, 0.6) is 0 Å². The summed E-state index contributed by atoms with van der Waals surface area (Å²) in [5, 5.41) is 10.2. The summed E-state index contributed by atoms with van der Waals surface area (Å²) in [6.45, 7) is 4.03. The summed E-state index contributed by atoms with van der Waals surface area (Å²) in [5.41, 5.74) is 0. The van der Waals surface area contributed by atoms with Crippen LogP contribution in [0.4, 0.5) is 13.2 Å². The van der Waals surface area contributed by atoms with Crippen molar-refractivity contribution in [3.8, 4) is 0 Å². The van der Waals surface area contributed by atoms with Crippen molar-refractivity contribution in [2.45, 2.75) is 57.4 Å².